The van der Waals surface area contributed by atoms with Crippen LogP contribution in [0.2, 0.25) is 0 Å². The molecule has 1 fully saturated rings. The van der Waals surface area contributed by atoms with Crippen LogP contribution in [-0.4, -0.2) is 11.2 Å². The van der Waals surface area contributed by atoms with Crippen LogP contribution in [0.4, 0.5) is 0 Å². The first-order chi connectivity index (χ1) is 7.36. The molecule has 1 aliphatic carbocycles. The molecule has 16 heavy (non-hydrogen) atoms. The van der Waals surface area contributed by atoms with Crippen molar-refractivity contribution in [3.8, 4) is 0 Å². The van der Waals surface area contributed by atoms with E-state index in [9.17, 15) is 0 Å². The Morgan fingerprint density at radius 3 is 2.75 bits per heavy atom. The fourth-order valence-electron chi connectivity index (χ4n) is 3.54. The minimum Gasteiger partial charge on any atom is -0.365 e. The molecule has 2 aliphatic rings. The highest BCUT2D eigenvalue weighted by Gasteiger charge is 2.47. The van der Waals surface area contributed by atoms with Gasteiger partial charge in [-0.2, -0.15) is 0 Å². The third kappa shape index (κ3) is 1.98. The van der Waals surface area contributed by atoms with Crippen molar-refractivity contribution in [1.29, 1.82) is 0 Å². The molecule has 1 saturated heterocycles. The van der Waals surface area contributed by atoms with Crippen molar-refractivity contribution < 1.29 is 4.74 Å². The molecule has 0 spiro atoms. The van der Waals surface area contributed by atoms with Crippen LogP contribution in [0.5, 0.6) is 0 Å². The standard InChI is InChI=1S/C15H24O/c1-6-15(5)10-12-9-11(2)7-8-13(12)14(3,4)16-15/h6,9,12-13H,1,7-8,10H2,2-5H3/t12-,13-,15-/m1/s1. The lowest BCUT2D eigenvalue weighted by atomic mass is 9.66. The lowest BCUT2D eigenvalue weighted by molar-refractivity contribution is -0.188. The predicted octanol–water partition coefficient (Wildman–Crippen LogP) is 4.10. The van der Waals surface area contributed by atoms with Gasteiger partial charge in [-0.3, -0.25) is 0 Å². The van der Waals surface area contributed by atoms with Gasteiger partial charge in [-0.05, 0) is 58.8 Å². The van der Waals surface area contributed by atoms with E-state index in [-0.39, 0.29) is 11.2 Å². The van der Waals surface area contributed by atoms with E-state index in [0.29, 0.717) is 11.8 Å². The summed E-state index contributed by atoms with van der Waals surface area (Å²) < 4.78 is 6.27. The molecule has 0 saturated carbocycles. The van der Waals surface area contributed by atoms with Crippen molar-refractivity contribution in [1.82, 2.24) is 0 Å². The smallest absolute Gasteiger partial charge is 0.0844 e. The maximum atomic E-state index is 6.27. The molecule has 0 N–H and O–H groups in total. The Morgan fingerprint density at radius 1 is 1.44 bits per heavy atom. The van der Waals surface area contributed by atoms with Gasteiger partial charge in [0, 0.05) is 0 Å². The molecule has 0 aromatic heterocycles. The molecule has 1 aliphatic heterocycles. The second-order valence-corrected chi connectivity index (χ2v) is 6.25. The minimum absolute atomic E-state index is 0.0247. The summed E-state index contributed by atoms with van der Waals surface area (Å²) in [5.74, 6) is 1.34. The number of fused-ring (bicyclic) bond motifs is 1. The summed E-state index contributed by atoms with van der Waals surface area (Å²) in [5, 5.41) is 0. The van der Waals surface area contributed by atoms with E-state index in [1.807, 2.05) is 6.08 Å². The average molecular weight is 220 g/mol. The Hall–Kier alpha value is -0.560. The van der Waals surface area contributed by atoms with Crippen LogP contribution in [0, 0.1) is 11.8 Å². The maximum absolute atomic E-state index is 6.27. The van der Waals surface area contributed by atoms with Gasteiger partial charge in [-0.15, -0.1) is 6.58 Å². The molecule has 0 unspecified atom stereocenters. The molecular weight excluding hydrogens is 196 g/mol. The monoisotopic (exact) mass is 220 g/mol. The molecule has 1 heterocycles. The van der Waals surface area contributed by atoms with E-state index >= 15 is 0 Å². The Morgan fingerprint density at radius 2 is 2.12 bits per heavy atom. The van der Waals surface area contributed by atoms with Gasteiger partial charge in [0.1, 0.15) is 0 Å². The molecule has 3 atom stereocenters. The average Bonchev–Trinajstić information content (AvgIpc) is 2.15. The summed E-state index contributed by atoms with van der Waals surface area (Å²) >= 11 is 0. The third-order valence-electron chi connectivity index (χ3n) is 4.33. The van der Waals surface area contributed by atoms with Crippen molar-refractivity contribution in [2.45, 2.75) is 58.2 Å². The van der Waals surface area contributed by atoms with Crippen molar-refractivity contribution in [3.05, 3.63) is 24.3 Å². The first kappa shape index (κ1) is 11.9. The van der Waals surface area contributed by atoms with Crippen LogP contribution in [0.15, 0.2) is 24.3 Å². The fourth-order valence-corrected chi connectivity index (χ4v) is 3.54. The van der Waals surface area contributed by atoms with Crippen molar-refractivity contribution >= 4 is 0 Å². The molecule has 0 radical (unpaired) electrons. The van der Waals surface area contributed by atoms with E-state index in [0.717, 1.165) is 6.42 Å². The molecule has 90 valence electrons. The second kappa shape index (κ2) is 3.73. The summed E-state index contributed by atoms with van der Waals surface area (Å²) in [6.45, 7) is 12.8. The Labute approximate surface area is 99.6 Å². The van der Waals surface area contributed by atoms with Crippen LogP contribution in [0.25, 0.3) is 0 Å². The highest BCUT2D eigenvalue weighted by Crippen LogP contribution is 2.48. The van der Waals surface area contributed by atoms with E-state index in [4.69, 9.17) is 4.74 Å². The van der Waals surface area contributed by atoms with Gasteiger partial charge in [-0.1, -0.05) is 17.7 Å². The number of allylic oxidation sites excluding steroid dienone is 2. The SMILES string of the molecule is C=C[C@]1(C)C[C@H]2C=C(C)CC[C@H]2C(C)(C)O1. The maximum Gasteiger partial charge on any atom is 0.0844 e. The quantitative estimate of drug-likeness (QED) is 0.604. The number of hydrogen-bond acceptors (Lipinski definition) is 1. The van der Waals surface area contributed by atoms with Gasteiger partial charge in [0.15, 0.2) is 0 Å². The van der Waals surface area contributed by atoms with Crippen LogP contribution >= 0.6 is 0 Å². The molecule has 1 heteroatoms. The first-order valence-corrected chi connectivity index (χ1v) is 6.37. The summed E-state index contributed by atoms with van der Waals surface area (Å²) in [7, 11) is 0. The second-order valence-electron chi connectivity index (χ2n) is 6.25. The van der Waals surface area contributed by atoms with Crippen LogP contribution in [0.1, 0.15) is 47.0 Å². The molecule has 0 amide bonds. The number of hydrogen-bond donors (Lipinski definition) is 0. The first-order valence-electron chi connectivity index (χ1n) is 6.37. The van der Waals surface area contributed by atoms with E-state index < -0.39 is 0 Å². The third-order valence-corrected chi connectivity index (χ3v) is 4.33. The van der Waals surface area contributed by atoms with Crippen molar-refractivity contribution in [2.24, 2.45) is 11.8 Å². The van der Waals surface area contributed by atoms with Gasteiger partial charge in [-0.25, -0.2) is 0 Å². The van der Waals surface area contributed by atoms with Gasteiger partial charge >= 0.3 is 0 Å². The van der Waals surface area contributed by atoms with Crippen molar-refractivity contribution in [2.75, 3.05) is 0 Å². The minimum atomic E-state index is -0.154. The van der Waals surface area contributed by atoms with Crippen LogP contribution < -0.4 is 0 Å². The molecular formula is C15H24O. The fraction of sp³-hybridized carbons (Fsp3) is 0.733. The summed E-state index contributed by atoms with van der Waals surface area (Å²) in [5.41, 5.74) is 1.37. The molecule has 0 aromatic rings. The number of ether oxygens (including phenoxy) is 1. The molecule has 1 nitrogen and oxygen atoms in total. The topological polar surface area (TPSA) is 9.23 Å². The Balaban J connectivity index is 2.31. The molecule has 0 aromatic carbocycles. The highest BCUT2D eigenvalue weighted by molar-refractivity contribution is 5.15. The van der Waals surface area contributed by atoms with Gasteiger partial charge in [0.05, 0.1) is 11.2 Å². The zero-order chi connectivity index (χ0) is 12.0. The van der Waals surface area contributed by atoms with Gasteiger partial charge in [0.2, 0.25) is 0 Å². The molecule has 0 bridgehead atoms. The van der Waals surface area contributed by atoms with E-state index in [2.05, 4.69) is 40.3 Å². The Kier molecular flexibility index (Phi) is 2.78. The predicted molar refractivity (Wildman–Crippen MR) is 68.4 cm³/mol. The normalized spacial score (nSPS) is 42.1. The van der Waals surface area contributed by atoms with Crippen LogP contribution in [0.3, 0.4) is 0 Å². The summed E-state index contributed by atoms with van der Waals surface area (Å²) in [4.78, 5) is 0. The largest absolute Gasteiger partial charge is 0.365 e. The van der Waals surface area contributed by atoms with E-state index in [1.165, 1.54) is 12.8 Å². The number of rotatable bonds is 1. The zero-order valence-corrected chi connectivity index (χ0v) is 11.0. The Bertz CT molecular complexity index is 326. The van der Waals surface area contributed by atoms with Crippen LogP contribution in [-0.2, 0) is 4.74 Å². The van der Waals surface area contributed by atoms with E-state index in [1.54, 1.807) is 5.57 Å². The zero-order valence-electron chi connectivity index (χ0n) is 11.0. The molecule has 2 rings (SSSR count). The van der Waals surface area contributed by atoms with Gasteiger partial charge in [0.25, 0.3) is 0 Å². The highest BCUT2D eigenvalue weighted by atomic mass is 16.5. The lowest BCUT2D eigenvalue weighted by Crippen LogP contribution is -2.52. The lowest BCUT2D eigenvalue weighted by Gasteiger charge is -2.52. The summed E-state index contributed by atoms with van der Waals surface area (Å²) in [6, 6.07) is 0. The van der Waals surface area contributed by atoms with Gasteiger partial charge < -0.3 is 4.74 Å². The summed E-state index contributed by atoms with van der Waals surface area (Å²) in [6.07, 6.45) is 8.04. The van der Waals surface area contributed by atoms with Crippen molar-refractivity contribution in [3.63, 3.8) is 0 Å².